The zero-order valence-corrected chi connectivity index (χ0v) is 21.6. The van der Waals surface area contributed by atoms with Crippen LogP contribution in [-0.2, 0) is 82.6 Å². The highest BCUT2D eigenvalue weighted by molar-refractivity contribution is 8.44. The molecule has 1 aliphatic heterocycles. The van der Waals surface area contributed by atoms with Gasteiger partial charge in [0.05, 0.1) is 32.5 Å². The minimum absolute atomic E-state index is 0.178. The summed E-state index contributed by atoms with van der Waals surface area (Å²) in [6.45, 7) is -1.60. The summed E-state index contributed by atoms with van der Waals surface area (Å²) < 4.78 is 37.6. The van der Waals surface area contributed by atoms with E-state index in [1.807, 2.05) is 0 Å². The SMILES string of the molecule is CSOC1C(CO)OC(OS(C)=S)C(O[S-](=S)=S)C1COP(OO)OC(CO)CO. The number of aliphatic hydroxyl groups is 3. The summed E-state index contributed by atoms with van der Waals surface area (Å²) in [6.07, 6.45) is -1.11. The van der Waals surface area contributed by atoms with E-state index in [1.54, 1.807) is 12.5 Å². The maximum Gasteiger partial charge on any atom is 0.363 e. The lowest BCUT2D eigenvalue weighted by Crippen LogP contribution is -2.58. The Bertz CT molecular complexity index is 575. The average Bonchev–Trinajstić information content (AvgIpc) is 2.70. The molecule has 0 radical (unpaired) electrons. The normalized spacial score (nSPS) is 29.4. The molecule has 0 amide bonds. The first kappa shape index (κ1) is 29.7. The summed E-state index contributed by atoms with van der Waals surface area (Å²) >= 11 is 16.1. The molecule has 0 saturated carbocycles. The molecular weight excluding hydrogens is 543 g/mol. The van der Waals surface area contributed by atoms with Crippen LogP contribution in [0.15, 0.2) is 0 Å². The molecule has 1 heterocycles. The van der Waals surface area contributed by atoms with Crippen LogP contribution in [0.2, 0.25) is 0 Å². The molecule has 18 heteroatoms. The molecule has 1 saturated heterocycles. The van der Waals surface area contributed by atoms with Crippen molar-refractivity contribution in [3.05, 3.63) is 0 Å². The minimum atomic E-state index is -2.35. The maximum absolute atomic E-state index is 9.78. The van der Waals surface area contributed by atoms with Crippen molar-refractivity contribution in [2.24, 2.45) is 5.92 Å². The largest absolute Gasteiger partial charge is 0.460 e. The van der Waals surface area contributed by atoms with Crippen LogP contribution in [0.1, 0.15) is 0 Å². The van der Waals surface area contributed by atoms with Crippen molar-refractivity contribution < 1.29 is 51.6 Å². The lowest BCUT2D eigenvalue weighted by molar-refractivity contribution is -0.249. The lowest BCUT2D eigenvalue weighted by Gasteiger charge is -2.46. The van der Waals surface area contributed by atoms with E-state index >= 15 is 0 Å². The number of aliphatic hydroxyl groups excluding tert-OH is 3. The Kier molecular flexibility index (Phi) is 16.2. The molecule has 0 aromatic carbocycles. The number of hydrogen-bond donors (Lipinski definition) is 4. The Morgan fingerprint density at radius 1 is 1.23 bits per heavy atom. The second-order valence-corrected chi connectivity index (χ2v) is 12.6. The van der Waals surface area contributed by atoms with Crippen molar-refractivity contribution in [3.63, 3.8) is 0 Å². The summed E-state index contributed by atoms with van der Waals surface area (Å²) in [4.78, 5) is 0. The fourth-order valence-electron chi connectivity index (χ4n) is 2.46. The Balaban J connectivity index is 3.11. The molecule has 7 atom stereocenters. The predicted octanol–water partition coefficient (Wildman–Crippen LogP) is -0.430. The van der Waals surface area contributed by atoms with Crippen LogP contribution in [0.5, 0.6) is 0 Å². The van der Waals surface area contributed by atoms with Crippen LogP contribution in [0.25, 0.3) is 0 Å². The third-order valence-corrected chi connectivity index (χ3v) is 6.60. The van der Waals surface area contributed by atoms with Crippen molar-refractivity contribution in [1.29, 1.82) is 0 Å². The van der Waals surface area contributed by atoms with E-state index in [0.717, 1.165) is 12.0 Å². The Hall–Kier alpha value is 1.70. The fraction of sp³-hybridized carbons (Fsp3) is 1.00. The summed E-state index contributed by atoms with van der Waals surface area (Å²) in [5.74, 6) is -0.654. The third-order valence-electron chi connectivity index (χ3n) is 3.68. The molecule has 0 aromatic heterocycles. The van der Waals surface area contributed by atoms with Gasteiger partial charge in [0.15, 0.2) is 6.29 Å². The van der Waals surface area contributed by atoms with Gasteiger partial charge in [-0.15, -0.1) is 0 Å². The summed E-state index contributed by atoms with van der Waals surface area (Å²) in [7, 11) is -4.57. The van der Waals surface area contributed by atoms with Gasteiger partial charge in [-0.3, -0.25) is 4.18 Å². The average molecular weight is 568 g/mol. The van der Waals surface area contributed by atoms with Crippen LogP contribution >= 0.6 is 20.6 Å². The first-order chi connectivity index (χ1) is 14.3. The molecule has 0 aromatic rings. The maximum atomic E-state index is 9.78. The van der Waals surface area contributed by atoms with Gasteiger partial charge in [-0.25, -0.2) is 35.9 Å². The molecule has 11 nitrogen and oxygen atoms in total. The molecule has 180 valence electrons. The molecule has 30 heavy (non-hydrogen) atoms. The molecule has 1 fully saturated rings. The van der Waals surface area contributed by atoms with E-state index in [2.05, 4.69) is 4.67 Å². The highest BCUT2D eigenvalue weighted by Crippen LogP contribution is 2.42. The van der Waals surface area contributed by atoms with Gasteiger partial charge in [0.25, 0.3) is 0 Å². The van der Waals surface area contributed by atoms with Gasteiger partial charge < -0.3 is 37.5 Å². The Morgan fingerprint density at radius 2 is 1.90 bits per heavy atom. The quantitative estimate of drug-likeness (QED) is 0.0667. The number of hydrogen-bond acceptors (Lipinski definition) is 16. The predicted molar refractivity (Wildman–Crippen MR) is 122 cm³/mol. The molecule has 1 aliphatic rings. The smallest absolute Gasteiger partial charge is 0.363 e. The standard InChI is InChI=1S/C12H24O11PS6/c1-28-20-10-8(6-17-24(23-16)19-7(3-13)4-14)11(21-30(26)27)12(22-29(2)25)18-9(10)5-15/h7-16H,3-6H2,1-2H3/q-1. The van der Waals surface area contributed by atoms with Crippen molar-refractivity contribution in [3.8, 4) is 0 Å². The second-order valence-electron chi connectivity index (χ2n) is 5.57. The number of ether oxygens (including phenoxy) is 1. The van der Waals surface area contributed by atoms with Gasteiger partial charge in [-0.05, 0) is 23.2 Å². The van der Waals surface area contributed by atoms with E-state index in [-0.39, 0.29) is 6.61 Å². The summed E-state index contributed by atoms with van der Waals surface area (Å²) in [5.41, 5.74) is 0. The van der Waals surface area contributed by atoms with Crippen LogP contribution in [0.4, 0.5) is 0 Å². The van der Waals surface area contributed by atoms with Gasteiger partial charge in [-0.1, -0.05) is 0 Å². The minimum Gasteiger partial charge on any atom is -0.460 e. The van der Waals surface area contributed by atoms with E-state index < -0.39 is 83.1 Å². The van der Waals surface area contributed by atoms with E-state index in [0.29, 0.717) is 0 Å². The van der Waals surface area contributed by atoms with E-state index in [9.17, 15) is 5.11 Å². The van der Waals surface area contributed by atoms with Crippen molar-refractivity contribution in [2.75, 3.05) is 38.9 Å². The molecule has 0 aliphatic carbocycles. The first-order valence-electron chi connectivity index (χ1n) is 8.16. The Morgan fingerprint density at radius 3 is 2.37 bits per heavy atom. The van der Waals surface area contributed by atoms with Gasteiger partial charge in [0.2, 0.25) is 0 Å². The van der Waals surface area contributed by atoms with E-state index in [4.69, 9.17) is 75.4 Å². The zero-order chi connectivity index (χ0) is 22.7. The molecule has 1 rings (SSSR count). The Labute approximate surface area is 198 Å². The topological polar surface area (TPSA) is 146 Å². The van der Waals surface area contributed by atoms with Gasteiger partial charge in [-0.2, -0.15) is 4.67 Å². The highest BCUT2D eigenvalue weighted by atomic mass is 33.1. The summed E-state index contributed by atoms with van der Waals surface area (Å²) in [6, 6.07) is 0. The van der Waals surface area contributed by atoms with Crippen LogP contribution in [0, 0.1) is 5.92 Å². The highest BCUT2D eigenvalue weighted by Gasteiger charge is 2.48. The molecular formula is C12H24O11PS6-. The van der Waals surface area contributed by atoms with Crippen LogP contribution < -0.4 is 0 Å². The zero-order valence-electron chi connectivity index (χ0n) is 15.8. The molecule has 7 unspecified atom stereocenters. The third kappa shape index (κ3) is 9.90. The van der Waals surface area contributed by atoms with Crippen molar-refractivity contribution in [1.82, 2.24) is 0 Å². The first-order valence-corrected chi connectivity index (χ1v) is 15.9. The van der Waals surface area contributed by atoms with Crippen LogP contribution in [-0.4, -0.2) is 90.2 Å². The molecule has 0 bridgehead atoms. The van der Waals surface area contributed by atoms with Gasteiger partial charge in [0, 0.05) is 28.2 Å². The molecule has 0 spiro atoms. The summed E-state index contributed by atoms with van der Waals surface area (Å²) in [5, 5.41) is 37.1. The van der Waals surface area contributed by atoms with Crippen molar-refractivity contribution >= 4 is 72.2 Å². The van der Waals surface area contributed by atoms with Gasteiger partial charge in [0.1, 0.15) is 18.3 Å². The second kappa shape index (κ2) is 16.3. The van der Waals surface area contributed by atoms with E-state index in [1.165, 1.54) is 0 Å². The van der Waals surface area contributed by atoms with Crippen LogP contribution in [0.3, 0.4) is 0 Å². The van der Waals surface area contributed by atoms with Crippen molar-refractivity contribution in [2.45, 2.75) is 30.7 Å². The van der Waals surface area contributed by atoms with Gasteiger partial charge >= 0.3 is 8.60 Å². The molecule has 4 N–H and O–H groups in total. The fourth-order valence-corrected chi connectivity index (χ4v) is 5.38. The monoisotopic (exact) mass is 567 g/mol. The lowest BCUT2D eigenvalue weighted by atomic mass is 9.90. The number of rotatable bonds is 15.